The van der Waals surface area contributed by atoms with Crippen LogP contribution in [0.3, 0.4) is 0 Å². The van der Waals surface area contributed by atoms with Crippen molar-refractivity contribution in [1.29, 1.82) is 0 Å². The fourth-order valence-corrected chi connectivity index (χ4v) is 3.45. The molecule has 0 saturated carbocycles. The van der Waals surface area contributed by atoms with Gasteiger partial charge in [0.05, 0.1) is 0 Å². The average Bonchev–Trinajstić information content (AvgIpc) is 2.63. The molecule has 3 rings (SSSR count). The van der Waals surface area contributed by atoms with E-state index in [0.717, 1.165) is 22.3 Å². The van der Waals surface area contributed by atoms with Gasteiger partial charge in [0.15, 0.2) is 0 Å². The second kappa shape index (κ2) is 8.75. The van der Waals surface area contributed by atoms with E-state index in [4.69, 9.17) is 9.47 Å². The lowest BCUT2D eigenvalue weighted by Crippen LogP contribution is -2.08. The van der Waals surface area contributed by atoms with Crippen LogP contribution in [0.5, 0.6) is 5.75 Å². The van der Waals surface area contributed by atoms with Gasteiger partial charge in [0.25, 0.3) is 0 Å². The zero-order chi connectivity index (χ0) is 20.1. The van der Waals surface area contributed by atoms with Crippen molar-refractivity contribution in [1.82, 2.24) is 0 Å². The van der Waals surface area contributed by atoms with E-state index in [2.05, 4.69) is 38.1 Å². The largest absolute Gasteiger partial charge is 0.488 e. The summed E-state index contributed by atoms with van der Waals surface area (Å²) in [6.45, 7) is 8.85. The molecule has 144 valence electrons. The summed E-state index contributed by atoms with van der Waals surface area (Å²) >= 11 is 0. The molecule has 0 amide bonds. The summed E-state index contributed by atoms with van der Waals surface area (Å²) in [5.41, 5.74) is 7.21. The van der Waals surface area contributed by atoms with E-state index < -0.39 is 0 Å². The minimum Gasteiger partial charge on any atom is -0.488 e. The second-order valence-corrected chi connectivity index (χ2v) is 7.35. The number of carbonyl (C=O) groups excluding carboxylic acids is 1. The van der Waals surface area contributed by atoms with Crippen molar-refractivity contribution in [3.8, 4) is 5.75 Å². The van der Waals surface area contributed by atoms with Crippen molar-refractivity contribution in [2.75, 3.05) is 0 Å². The summed E-state index contributed by atoms with van der Waals surface area (Å²) in [5.74, 6) is 0.155. The Kier molecular flexibility index (Phi) is 6.15. The van der Waals surface area contributed by atoms with Gasteiger partial charge in [0.2, 0.25) is 0 Å². The topological polar surface area (TPSA) is 35.5 Å². The zero-order valence-electron chi connectivity index (χ0n) is 16.9. The standard InChI is InChI=1S/C25H26O3/c1-17-9-18(2)12-21(11-17)15-27-24-8-6-5-7-23(24)25(26)28-16-22-13-19(3)10-20(4)14-22/h5-14H,15-16H2,1-4H3. The van der Waals surface area contributed by atoms with E-state index in [1.54, 1.807) is 12.1 Å². The summed E-state index contributed by atoms with van der Waals surface area (Å²) in [4.78, 5) is 12.6. The molecule has 0 aliphatic heterocycles. The maximum Gasteiger partial charge on any atom is 0.342 e. The highest BCUT2D eigenvalue weighted by Gasteiger charge is 2.14. The summed E-state index contributed by atoms with van der Waals surface area (Å²) in [5, 5.41) is 0. The van der Waals surface area contributed by atoms with Gasteiger partial charge in [0, 0.05) is 0 Å². The number of para-hydroxylation sites is 1. The summed E-state index contributed by atoms with van der Waals surface area (Å²) in [7, 11) is 0. The number of hydrogen-bond acceptors (Lipinski definition) is 3. The van der Waals surface area contributed by atoms with Crippen LogP contribution < -0.4 is 4.74 Å². The molecule has 0 bridgehead atoms. The first-order valence-corrected chi connectivity index (χ1v) is 9.44. The van der Waals surface area contributed by atoms with Crippen LogP contribution >= 0.6 is 0 Å². The Morgan fingerprint density at radius 3 is 1.79 bits per heavy atom. The van der Waals surface area contributed by atoms with Crippen molar-refractivity contribution < 1.29 is 14.3 Å². The first-order chi connectivity index (χ1) is 13.4. The third-order valence-corrected chi connectivity index (χ3v) is 4.43. The third kappa shape index (κ3) is 5.23. The molecule has 0 spiro atoms. The Hall–Kier alpha value is -3.07. The van der Waals surface area contributed by atoms with Crippen LogP contribution in [-0.4, -0.2) is 5.97 Å². The van der Waals surface area contributed by atoms with Crippen LogP contribution in [0.15, 0.2) is 60.7 Å². The fraction of sp³-hybridized carbons (Fsp3) is 0.240. The number of esters is 1. The Labute approximate surface area is 166 Å². The summed E-state index contributed by atoms with van der Waals surface area (Å²) < 4.78 is 11.5. The summed E-state index contributed by atoms with van der Waals surface area (Å²) in [6.07, 6.45) is 0. The molecule has 0 aliphatic carbocycles. The highest BCUT2D eigenvalue weighted by atomic mass is 16.5. The van der Waals surface area contributed by atoms with Gasteiger partial charge in [-0.3, -0.25) is 0 Å². The highest BCUT2D eigenvalue weighted by molar-refractivity contribution is 5.92. The Morgan fingerprint density at radius 2 is 1.21 bits per heavy atom. The molecular weight excluding hydrogens is 348 g/mol. The number of benzene rings is 3. The Bertz CT molecular complexity index is 948. The minimum atomic E-state index is -0.379. The van der Waals surface area contributed by atoms with Crippen LogP contribution in [0.25, 0.3) is 0 Å². The van der Waals surface area contributed by atoms with Crippen molar-refractivity contribution in [2.24, 2.45) is 0 Å². The van der Waals surface area contributed by atoms with E-state index in [1.165, 1.54) is 11.1 Å². The zero-order valence-corrected chi connectivity index (χ0v) is 16.9. The lowest BCUT2D eigenvalue weighted by molar-refractivity contribution is 0.0467. The first kappa shape index (κ1) is 19.7. The number of carbonyl (C=O) groups is 1. The van der Waals surface area contributed by atoms with Gasteiger partial charge in [-0.2, -0.15) is 0 Å². The van der Waals surface area contributed by atoms with Crippen LogP contribution in [0.1, 0.15) is 43.7 Å². The van der Waals surface area contributed by atoms with Gasteiger partial charge in [-0.15, -0.1) is 0 Å². The molecule has 3 nitrogen and oxygen atoms in total. The van der Waals surface area contributed by atoms with Gasteiger partial charge in [-0.25, -0.2) is 4.79 Å². The molecular formula is C25H26O3. The van der Waals surface area contributed by atoms with E-state index in [-0.39, 0.29) is 12.6 Å². The van der Waals surface area contributed by atoms with Crippen molar-refractivity contribution >= 4 is 5.97 Å². The molecule has 0 radical (unpaired) electrons. The number of rotatable bonds is 6. The highest BCUT2D eigenvalue weighted by Crippen LogP contribution is 2.22. The molecule has 0 atom stereocenters. The molecule has 3 aromatic carbocycles. The molecule has 0 aromatic heterocycles. The second-order valence-electron chi connectivity index (χ2n) is 7.35. The van der Waals surface area contributed by atoms with Crippen molar-refractivity contribution in [2.45, 2.75) is 40.9 Å². The molecule has 0 heterocycles. The predicted octanol–water partition coefficient (Wildman–Crippen LogP) is 5.86. The quantitative estimate of drug-likeness (QED) is 0.507. The van der Waals surface area contributed by atoms with E-state index in [9.17, 15) is 4.79 Å². The minimum absolute atomic E-state index is 0.243. The third-order valence-electron chi connectivity index (χ3n) is 4.43. The summed E-state index contributed by atoms with van der Waals surface area (Å²) in [6, 6.07) is 19.7. The van der Waals surface area contributed by atoms with Crippen molar-refractivity contribution in [3.05, 3.63) is 99.6 Å². The van der Waals surface area contributed by atoms with E-state index >= 15 is 0 Å². The number of hydrogen-bond donors (Lipinski definition) is 0. The first-order valence-electron chi connectivity index (χ1n) is 9.44. The fourth-order valence-electron chi connectivity index (χ4n) is 3.45. The Morgan fingerprint density at radius 1 is 0.714 bits per heavy atom. The normalized spacial score (nSPS) is 10.6. The lowest BCUT2D eigenvalue weighted by Gasteiger charge is -2.12. The predicted molar refractivity (Wildman–Crippen MR) is 112 cm³/mol. The van der Waals surface area contributed by atoms with E-state index in [1.807, 2.05) is 38.1 Å². The maximum absolute atomic E-state index is 12.6. The van der Waals surface area contributed by atoms with Crippen LogP contribution in [0.4, 0.5) is 0 Å². The molecule has 3 heteroatoms. The van der Waals surface area contributed by atoms with Crippen LogP contribution in [0, 0.1) is 27.7 Å². The lowest BCUT2D eigenvalue weighted by atomic mass is 10.1. The molecule has 0 N–H and O–H groups in total. The molecule has 0 saturated heterocycles. The average molecular weight is 374 g/mol. The number of ether oxygens (including phenoxy) is 2. The molecule has 28 heavy (non-hydrogen) atoms. The molecule has 0 unspecified atom stereocenters. The van der Waals surface area contributed by atoms with Crippen LogP contribution in [0.2, 0.25) is 0 Å². The van der Waals surface area contributed by atoms with Gasteiger partial charge >= 0.3 is 5.97 Å². The van der Waals surface area contributed by atoms with Gasteiger partial charge in [-0.1, -0.05) is 70.8 Å². The molecule has 3 aromatic rings. The SMILES string of the molecule is Cc1cc(C)cc(COC(=O)c2ccccc2OCc2cc(C)cc(C)c2)c1. The van der Waals surface area contributed by atoms with Crippen LogP contribution in [-0.2, 0) is 18.0 Å². The van der Waals surface area contributed by atoms with Gasteiger partial charge < -0.3 is 9.47 Å². The molecule has 0 aliphatic rings. The maximum atomic E-state index is 12.6. The molecule has 0 fully saturated rings. The monoisotopic (exact) mass is 374 g/mol. The van der Waals surface area contributed by atoms with Gasteiger partial charge in [0.1, 0.15) is 24.5 Å². The van der Waals surface area contributed by atoms with Crippen molar-refractivity contribution in [3.63, 3.8) is 0 Å². The smallest absolute Gasteiger partial charge is 0.342 e. The number of aryl methyl sites for hydroxylation is 4. The van der Waals surface area contributed by atoms with E-state index in [0.29, 0.717) is 17.9 Å². The van der Waals surface area contributed by atoms with Gasteiger partial charge in [-0.05, 0) is 51.0 Å². The Balaban J connectivity index is 1.69.